The van der Waals surface area contributed by atoms with Crippen molar-refractivity contribution < 1.29 is 18.7 Å². The summed E-state index contributed by atoms with van der Waals surface area (Å²) in [6, 6.07) is 0.942. The summed E-state index contributed by atoms with van der Waals surface area (Å²) >= 11 is 5.68. The van der Waals surface area contributed by atoms with Gasteiger partial charge < -0.3 is 10.1 Å². The van der Waals surface area contributed by atoms with Crippen molar-refractivity contribution in [3.8, 4) is 0 Å². The van der Waals surface area contributed by atoms with Crippen molar-refractivity contribution >= 4 is 23.5 Å². The Bertz CT molecular complexity index is 491. The fourth-order valence-electron chi connectivity index (χ4n) is 1.24. The highest BCUT2D eigenvalue weighted by Crippen LogP contribution is 2.15. The van der Waals surface area contributed by atoms with Gasteiger partial charge in [0.25, 0.3) is 5.91 Å². The van der Waals surface area contributed by atoms with Crippen LogP contribution in [0.4, 0.5) is 4.39 Å². The van der Waals surface area contributed by atoms with Crippen molar-refractivity contribution in [1.29, 1.82) is 0 Å². The molecule has 0 aliphatic rings. The minimum atomic E-state index is -1.25. The van der Waals surface area contributed by atoms with Crippen molar-refractivity contribution in [1.82, 2.24) is 10.3 Å². The molecule has 0 aromatic carbocycles. The van der Waals surface area contributed by atoms with Gasteiger partial charge in [-0.25, -0.2) is 14.2 Å². The van der Waals surface area contributed by atoms with Crippen LogP contribution in [0.1, 0.15) is 24.2 Å². The average molecular weight is 275 g/mol. The second-order valence-electron chi connectivity index (χ2n) is 4.06. The predicted octanol–water partition coefficient (Wildman–Crippen LogP) is 1.56. The van der Waals surface area contributed by atoms with Crippen LogP contribution >= 0.6 is 11.6 Å². The molecule has 0 aliphatic heterocycles. The van der Waals surface area contributed by atoms with Gasteiger partial charge in [-0.15, -0.1) is 0 Å². The molecule has 1 aromatic heterocycles. The molecule has 1 rings (SSSR count). The van der Waals surface area contributed by atoms with Crippen LogP contribution in [0.15, 0.2) is 12.3 Å². The third-order valence-electron chi connectivity index (χ3n) is 2.17. The van der Waals surface area contributed by atoms with Crippen molar-refractivity contribution in [3.63, 3.8) is 0 Å². The molecule has 7 heteroatoms. The van der Waals surface area contributed by atoms with Gasteiger partial charge in [-0.3, -0.25) is 4.79 Å². The number of aromatic nitrogens is 1. The van der Waals surface area contributed by atoms with Crippen LogP contribution in [-0.4, -0.2) is 29.5 Å². The van der Waals surface area contributed by atoms with Gasteiger partial charge in [-0.1, -0.05) is 11.6 Å². The van der Waals surface area contributed by atoms with E-state index in [0.29, 0.717) is 0 Å². The SMILES string of the molecule is COC(=O)C(C)(C)NC(=O)c1cc(F)cnc1Cl. The number of carbonyl (C=O) groups is 2. The lowest BCUT2D eigenvalue weighted by molar-refractivity contribution is -0.146. The fraction of sp³-hybridized carbons (Fsp3) is 0.364. The molecule has 0 bridgehead atoms. The summed E-state index contributed by atoms with van der Waals surface area (Å²) in [6.45, 7) is 2.91. The number of halogens is 2. The number of pyridine rings is 1. The molecular weight excluding hydrogens is 263 g/mol. The highest BCUT2D eigenvalue weighted by atomic mass is 35.5. The molecule has 0 atom stereocenters. The molecule has 1 amide bonds. The van der Waals surface area contributed by atoms with Crippen molar-refractivity contribution in [3.05, 3.63) is 28.8 Å². The van der Waals surface area contributed by atoms with Crippen molar-refractivity contribution in [2.24, 2.45) is 0 Å². The Balaban J connectivity index is 2.95. The van der Waals surface area contributed by atoms with Gasteiger partial charge in [-0.05, 0) is 19.9 Å². The number of rotatable bonds is 3. The number of nitrogens with zero attached hydrogens (tertiary/aromatic N) is 1. The number of amides is 1. The standard InChI is InChI=1S/C11H12ClFN2O3/c1-11(2,10(17)18-3)15-9(16)7-4-6(13)5-14-8(7)12/h4-5H,1-3H3,(H,15,16). The number of hydrogen-bond acceptors (Lipinski definition) is 4. The van der Waals surface area contributed by atoms with E-state index in [-0.39, 0.29) is 10.7 Å². The highest BCUT2D eigenvalue weighted by Gasteiger charge is 2.31. The van der Waals surface area contributed by atoms with E-state index in [1.807, 2.05) is 0 Å². The number of carbonyl (C=O) groups excluding carboxylic acids is 2. The van der Waals surface area contributed by atoms with Gasteiger partial charge in [0.2, 0.25) is 0 Å². The minimum absolute atomic E-state index is 0.144. The van der Waals surface area contributed by atoms with E-state index in [0.717, 1.165) is 12.3 Å². The Labute approximate surface area is 108 Å². The van der Waals surface area contributed by atoms with E-state index >= 15 is 0 Å². The molecule has 1 aromatic rings. The van der Waals surface area contributed by atoms with Gasteiger partial charge >= 0.3 is 5.97 Å². The van der Waals surface area contributed by atoms with E-state index in [9.17, 15) is 14.0 Å². The van der Waals surface area contributed by atoms with Gasteiger partial charge in [0.15, 0.2) is 0 Å². The maximum atomic E-state index is 13.0. The largest absolute Gasteiger partial charge is 0.467 e. The van der Waals surface area contributed by atoms with Crippen LogP contribution in [0.3, 0.4) is 0 Å². The molecule has 0 aliphatic carbocycles. The lowest BCUT2D eigenvalue weighted by Crippen LogP contribution is -2.50. The second-order valence-corrected chi connectivity index (χ2v) is 4.42. The van der Waals surface area contributed by atoms with Crippen LogP contribution in [-0.2, 0) is 9.53 Å². The maximum absolute atomic E-state index is 13.0. The molecule has 0 saturated heterocycles. The summed E-state index contributed by atoms with van der Waals surface area (Å²) in [7, 11) is 1.20. The molecule has 98 valence electrons. The van der Waals surface area contributed by atoms with E-state index < -0.39 is 23.2 Å². The zero-order valence-electron chi connectivity index (χ0n) is 10.1. The molecular formula is C11H12ClFN2O3. The Kier molecular flexibility index (Phi) is 4.24. The van der Waals surface area contributed by atoms with Gasteiger partial charge in [0, 0.05) is 0 Å². The molecule has 5 nitrogen and oxygen atoms in total. The summed E-state index contributed by atoms with van der Waals surface area (Å²) < 4.78 is 17.5. The summed E-state index contributed by atoms with van der Waals surface area (Å²) in [6.07, 6.45) is 0.893. The minimum Gasteiger partial charge on any atom is -0.467 e. The van der Waals surface area contributed by atoms with Gasteiger partial charge in [-0.2, -0.15) is 0 Å². The second kappa shape index (κ2) is 5.30. The molecule has 0 saturated carbocycles. The molecule has 0 fully saturated rings. The van der Waals surface area contributed by atoms with E-state index in [4.69, 9.17) is 11.6 Å². The van der Waals surface area contributed by atoms with Crippen LogP contribution < -0.4 is 5.32 Å². The first-order valence-electron chi connectivity index (χ1n) is 5.00. The molecule has 18 heavy (non-hydrogen) atoms. The molecule has 0 unspecified atom stereocenters. The predicted molar refractivity (Wildman–Crippen MR) is 62.8 cm³/mol. The summed E-state index contributed by atoms with van der Waals surface area (Å²) in [5.41, 5.74) is -1.39. The molecule has 1 N–H and O–H groups in total. The third-order valence-corrected chi connectivity index (χ3v) is 2.47. The highest BCUT2D eigenvalue weighted by molar-refractivity contribution is 6.32. The van der Waals surface area contributed by atoms with Crippen LogP contribution in [0.2, 0.25) is 5.15 Å². The quantitative estimate of drug-likeness (QED) is 0.671. The number of ether oxygens (including phenoxy) is 1. The van der Waals surface area contributed by atoms with E-state index in [1.165, 1.54) is 21.0 Å². The zero-order valence-corrected chi connectivity index (χ0v) is 10.8. The number of methoxy groups -OCH3 is 1. The maximum Gasteiger partial charge on any atom is 0.330 e. The van der Waals surface area contributed by atoms with E-state index in [1.54, 1.807) is 0 Å². The molecule has 0 spiro atoms. The lowest BCUT2D eigenvalue weighted by Gasteiger charge is -2.23. The van der Waals surface area contributed by atoms with Crippen molar-refractivity contribution in [2.75, 3.05) is 7.11 Å². The summed E-state index contributed by atoms with van der Waals surface area (Å²) in [4.78, 5) is 26.7. The summed E-state index contributed by atoms with van der Waals surface area (Å²) in [5.74, 6) is -2.03. The van der Waals surface area contributed by atoms with Gasteiger partial charge in [0.05, 0.1) is 18.9 Å². The Hall–Kier alpha value is -1.69. The molecule has 0 radical (unpaired) electrons. The smallest absolute Gasteiger partial charge is 0.330 e. The van der Waals surface area contributed by atoms with Crippen molar-refractivity contribution in [2.45, 2.75) is 19.4 Å². The summed E-state index contributed by atoms with van der Waals surface area (Å²) in [5, 5.41) is 2.24. The normalized spacial score (nSPS) is 10.9. The Morgan fingerprint density at radius 1 is 1.50 bits per heavy atom. The number of hydrogen-bond donors (Lipinski definition) is 1. The monoisotopic (exact) mass is 274 g/mol. The van der Waals surface area contributed by atoms with Gasteiger partial charge in [0.1, 0.15) is 16.5 Å². The van der Waals surface area contributed by atoms with E-state index in [2.05, 4.69) is 15.0 Å². The lowest BCUT2D eigenvalue weighted by atomic mass is 10.1. The number of nitrogens with one attached hydrogen (secondary N) is 1. The topological polar surface area (TPSA) is 68.3 Å². The number of esters is 1. The average Bonchev–Trinajstić information content (AvgIpc) is 2.30. The fourth-order valence-corrected chi connectivity index (χ4v) is 1.43. The first kappa shape index (κ1) is 14.4. The van der Waals surface area contributed by atoms with Crippen LogP contribution in [0, 0.1) is 5.82 Å². The Morgan fingerprint density at radius 3 is 2.67 bits per heavy atom. The first-order valence-corrected chi connectivity index (χ1v) is 5.37. The van der Waals surface area contributed by atoms with Crippen LogP contribution in [0.5, 0.6) is 0 Å². The molecule has 1 heterocycles. The van der Waals surface area contributed by atoms with Crippen LogP contribution in [0.25, 0.3) is 0 Å². The Morgan fingerprint density at radius 2 is 2.11 bits per heavy atom. The zero-order chi connectivity index (χ0) is 13.9. The third kappa shape index (κ3) is 3.16. The first-order chi connectivity index (χ1) is 8.27.